The fraction of sp³-hybridized carbons (Fsp3) is 0.607. The average Bonchev–Trinajstić information content (AvgIpc) is 3.10. The lowest BCUT2D eigenvalue weighted by Crippen LogP contribution is -2.65. The van der Waals surface area contributed by atoms with Crippen LogP contribution in [0.5, 0.6) is 0 Å². The normalized spacial score (nSPS) is 34.7. The van der Waals surface area contributed by atoms with Gasteiger partial charge in [-0.05, 0) is 91.0 Å². The maximum Gasteiger partial charge on any atom is 0.456 e. The summed E-state index contributed by atoms with van der Waals surface area (Å²) >= 11 is 1.67. The van der Waals surface area contributed by atoms with E-state index in [0.717, 1.165) is 32.9 Å². The number of carbonyl (C=O) groups excluding carboxylic acids is 1. The number of fused-ring (bicyclic) bond motifs is 4. The van der Waals surface area contributed by atoms with Gasteiger partial charge in [-0.25, -0.2) is 0 Å². The summed E-state index contributed by atoms with van der Waals surface area (Å²) in [5.41, 5.74) is -0.758. The molecule has 4 aliphatic rings. The highest BCUT2D eigenvalue weighted by Gasteiger charge is 2.79. The van der Waals surface area contributed by atoms with E-state index in [1.54, 1.807) is 17.8 Å². The van der Waals surface area contributed by atoms with Crippen LogP contribution >= 0.6 is 11.8 Å². The summed E-state index contributed by atoms with van der Waals surface area (Å²) in [6.07, 6.45) is -2.45. The molecule has 0 heterocycles. The summed E-state index contributed by atoms with van der Waals surface area (Å²) in [5.74, 6) is -5.32. The van der Waals surface area contributed by atoms with Crippen molar-refractivity contribution in [2.45, 2.75) is 87.3 Å². The van der Waals surface area contributed by atoms with Crippen molar-refractivity contribution >= 4 is 17.5 Å². The summed E-state index contributed by atoms with van der Waals surface area (Å²) in [7, 11) is 0. The summed E-state index contributed by atoms with van der Waals surface area (Å²) in [6, 6.07) is 7.82. The number of rotatable bonds is 4. The smallest absolute Gasteiger partial charge is 0.383 e. The minimum absolute atomic E-state index is 0.0106. The van der Waals surface area contributed by atoms with Crippen molar-refractivity contribution < 1.29 is 31.9 Å². The van der Waals surface area contributed by atoms with Crippen molar-refractivity contribution in [1.82, 2.24) is 0 Å². The number of hydrogen-bond donors (Lipinski definition) is 1. The number of alkyl halides is 5. The van der Waals surface area contributed by atoms with E-state index in [1.165, 1.54) is 6.92 Å². The molecule has 0 saturated heterocycles. The Hall–Kier alpha value is -1.67. The quantitative estimate of drug-likeness (QED) is 0.324. The molecule has 1 N–H and O–H groups in total. The predicted molar refractivity (Wildman–Crippen MR) is 129 cm³/mol. The topological polar surface area (TPSA) is 37.3 Å². The molecule has 1 aromatic rings. The van der Waals surface area contributed by atoms with E-state index in [0.29, 0.717) is 25.7 Å². The summed E-state index contributed by atoms with van der Waals surface area (Å²) in [5, 5.41) is 11.3. The van der Waals surface area contributed by atoms with E-state index < -0.39 is 41.4 Å². The minimum Gasteiger partial charge on any atom is -0.383 e. The Bertz CT molecular complexity index is 1120. The highest BCUT2D eigenvalue weighted by Crippen LogP contribution is 2.70. The van der Waals surface area contributed by atoms with Crippen molar-refractivity contribution in [3.8, 4) is 0 Å². The van der Waals surface area contributed by atoms with E-state index in [9.17, 15) is 23.1 Å². The lowest BCUT2D eigenvalue weighted by Gasteiger charge is -2.56. The molecule has 0 amide bonds. The van der Waals surface area contributed by atoms with Crippen LogP contribution in [0.2, 0.25) is 0 Å². The molecule has 1 aromatic carbocycles. The van der Waals surface area contributed by atoms with E-state index in [-0.39, 0.29) is 24.5 Å². The van der Waals surface area contributed by atoms with Gasteiger partial charge in [-0.15, -0.1) is 11.8 Å². The summed E-state index contributed by atoms with van der Waals surface area (Å²) in [6.45, 7) is 3.50. The number of halogens is 5. The molecule has 36 heavy (non-hydrogen) atoms. The molecule has 5 rings (SSSR count). The molecule has 4 aliphatic carbocycles. The zero-order chi connectivity index (χ0) is 26.1. The van der Waals surface area contributed by atoms with E-state index in [2.05, 4.69) is 0 Å². The molecule has 0 radical (unpaired) electrons. The minimum atomic E-state index is -5.83. The second kappa shape index (κ2) is 8.69. The first-order chi connectivity index (χ1) is 16.8. The van der Waals surface area contributed by atoms with Gasteiger partial charge in [0, 0.05) is 22.6 Å². The van der Waals surface area contributed by atoms with Crippen LogP contribution in [0, 0.1) is 17.3 Å². The molecule has 196 valence electrons. The maximum absolute atomic E-state index is 15.0. The van der Waals surface area contributed by atoms with Crippen LogP contribution in [0.4, 0.5) is 22.0 Å². The molecule has 2 fully saturated rings. The number of hydrogen-bond acceptors (Lipinski definition) is 3. The highest BCUT2D eigenvalue weighted by atomic mass is 32.2. The third-order valence-electron chi connectivity index (χ3n) is 9.36. The van der Waals surface area contributed by atoms with Crippen molar-refractivity contribution in [1.29, 1.82) is 0 Å². The van der Waals surface area contributed by atoms with Gasteiger partial charge in [-0.3, -0.25) is 4.79 Å². The van der Waals surface area contributed by atoms with Gasteiger partial charge >= 0.3 is 12.1 Å². The second-order valence-corrected chi connectivity index (χ2v) is 12.3. The van der Waals surface area contributed by atoms with Crippen molar-refractivity contribution in [3.63, 3.8) is 0 Å². The Balaban J connectivity index is 1.67. The molecule has 2 saturated carbocycles. The predicted octanol–water partition coefficient (Wildman–Crippen LogP) is 7.63. The Morgan fingerprint density at radius 1 is 1.06 bits per heavy atom. The molecule has 5 atom stereocenters. The van der Waals surface area contributed by atoms with Crippen LogP contribution in [-0.4, -0.2) is 34.3 Å². The van der Waals surface area contributed by atoms with E-state index in [1.807, 2.05) is 31.2 Å². The lowest BCUT2D eigenvalue weighted by atomic mass is 9.50. The van der Waals surface area contributed by atoms with Gasteiger partial charge in [0.1, 0.15) is 5.60 Å². The molecule has 2 nitrogen and oxygen atoms in total. The van der Waals surface area contributed by atoms with Gasteiger partial charge in [-0.1, -0.05) is 31.6 Å². The molecule has 0 spiro atoms. The number of carbonyl (C=O) groups is 1. The van der Waals surface area contributed by atoms with Gasteiger partial charge in [0.05, 0.1) is 0 Å². The number of benzene rings is 1. The third kappa shape index (κ3) is 3.64. The lowest BCUT2D eigenvalue weighted by molar-refractivity contribution is -0.362. The molecule has 0 aromatic heterocycles. The van der Waals surface area contributed by atoms with Crippen molar-refractivity contribution in [2.75, 3.05) is 5.75 Å². The van der Waals surface area contributed by atoms with E-state index in [4.69, 9.17) is 0 Å². The molecular formula is C28H31F5O2S. The Labute approximate surface area is 212 Å². The zero-order valence-electron chi connectivity index (χ0n) is 20.4. The fourth-order valence-corrected chi connectivity index (χ4v) is 8.34. The van der Waals surface area contributed by atoms with Crippen LogP contribution in [0.15, 0.2) is 52.0 Å². The SMILES string of the molecule is CCSc1ccc([C@H]2C[C@@]3(C)C(CC[C@@]3(O)C(F)(F)C(F)(F)F)C3CCC4=CC(=O)CCC4=C32)cc1. The van der Waals surface area contributed by atoms with E-state index >= 15 is 8.78 Å². The molecule has 2 unspecified atom stereocenters. The summed E-state index contributed by atoms with van der Waals surface area (Å²) < 4.78 is 70.9. The standard InChI is InChI=1S/C28H31F5O2S/c1-3-36-19-8-4-16(5-9-19)22-15-25(2)23(12-13-26(25,35)27(29,30)28(31,32)33)21-10-6-17-14-18(34)7-11-20(17)24(21)22/h4-5,8-9,14,21-23,35H,3,6-7,10-13,15H2,1-2H3/t21?,22-,23?,25+,26+/m1/s1. The number of ketones is 1. The van der Waals surface area contributed by atoms with Crippen molar-refractivity contribution in [3.05, 3.63) is 52.6 Å². The van der Waals surface area contributed by atoms with Crippen LogP contribution in [0.3, 0.4) is 0 Å². The highest BCUT2D eigenvalue weighted by molar-refractivity contribution is 7.99. The largest absolute Gasteiger partial charge is 0.456 e. The first-order valence-corrected chi connectivity index (χ1v) is 13.7. The van der Waals surface area contributed by atoms with Gasteiger partial charge in [0.25, 0.3) is 0 Å². The number of thioether (sulfide) groups is 1. The number of allylic oxidation sites excluding steroid dienone is 4. The van der Waals surface area contributed by atoms with Crippen molar-refractivity contribution in [2.24, 2.45) is 17.3 Å². The Morgan fingerprint density at radius 2 is 1.75 bits per heavy atom. The molecule has 0 bridgehead atoms. The van der Waals surface area contributed by atoms with Gasteiger partial charge < -0.3 is 5.11 Å². The molecule has 0 aliphatic heterocycles. The zero-order valence-corrected chi connectivity index (χ0v) is 21.2. The van der Waals surface area contributed by atoms with Crippen LogP contribution in [0.25, 0.3) is 0 Å². The number of aliphatic hydroxyl groups is 1. The second-order valence-electron chi connectivity index (χ2n) is 11.0. The van der Waals surface area contributed by atoms with Gasteiger partial charge in [-0.2, -0.15) is 22.0 Å². The van der Waals surface area contributed by atoms with Gasteiger partial charge in [0.2, 0.25) is 0 Å². The van der Waals surface area contributed by atoms with Crippen LogP contribution in [-0.2, 0) is 4.79 Å². The first-order valence-electron chi connectivity index (χ1n) is 12.7. The molecular weight excluding hydrogens is 495 g/mol. The third-order valence-corrected chi connectivity index (χ3v) is 10.2. The monoisotopic (exact) mass is 526 g/mol. The summed E-state index contributed by atoms with van der Waals surface area (Å²) in [4.78, 5) is 13.2. The average molecular weight is 527 g/mol. The Morgan fingerprint density at radius 3 is 2.39 bits per heavy atom. The van der Waals surface area contributed by atoms with Gasteiger partial charge in [0.15, 0.2) is 5.78 Å². The van der Waals surface area contributed by atoms with Crippen LogP contribution < -0.4 is 0 Å². The maximum atomic E-state index is 15.0. The first kappa shape index (κ1) is 26.0. The Kier molecular flexibility index (Phi) is 6.26. The molecule has 8 heteroatoms. The van der Waals surface area contributed by atoms with Crippen LogP contribution in [0.1, 0.15) is 70.3 Å². The fourth-order valence-electron chi connectivity index (χ4n) is 7.68.